The highest BCUT2D eigenvalue weighted by Gasteiger charge is 2.11. The molecule has 0 aliphatic carbocycles. The number of hydrogen-bond acceptors (Lipinski definition) is 4. The van der Waals surface area contributed by atoms with Crippen molar-refractivity contribution >= 4 is 28.2 Å². The van der Waals surface area contributed by atoms with Crippen LogP contribution in [-0.2, 0) is 0 Å². The standard InChI is InChI=1S/C22H15N5O/c28-22-21-20(18-8-4-5-9-19(18)24-21)25-26-27(22)23-14-15-10-12-17(13-11-15)16-6-2-1-3-7-16/h1-14,24H/b23-14+. The van der Waals surface area contributed by atoms with E-state index in [1.807, 2.05) is 66.7 Å². The molecule has 6 nitrogen and oxygen atoms in total. The Hall–Kier alpha value is -4.06. The monoisotopic (exact) mass is 365 g/mol. The number of fused-ring (bicyclic) bond motifs is 3. The fraction of sp³-hybridized carbons (Fsp3) is 0. The summed E-state index contributed by atoms with van der Waals surface area (Å²) in [5, 5.41) is 13.2. The number of nitrogens with zero attached hydrogens (tertiary/aromatic N) is 4. The van der Waals surface area contributed by atoms with Crippen LogP contribution in [0.1, 0.15) is 5.56 Å². The average Bonchev–Trinajstić information content (AvgIpc) is 3.14. The quantitative estimate of drug-likeness (QED) is 0.494. The normalized spacial score (nSPS) is 11.6. The first-order valence-electron chi connectivity index (χ1n) is 8.86. The number of H-pyrrole nitrogens is 1. The summed E-state index contributed by atoms with van der Waals surface area (Å²) in [6.45, 7) is 0. The number of aromatic nitrogens is 4. The van der Waals surface area contributed by atoms with Crippen LogP contribution in [0.25, 0.3) is 33.1 Å². The summed E-state index contributed by atoms with van der Waals surface area (Å²) in [6.07, 6.45) is 1.60. The highest BCUT2D eigenvalue weighted by molar-refractivity contribution is 6.04. The maximum absolute atomic E-state index is 12.7. The molecule has 2 heterocycles. The predicted octanol–water partition coefficient (Wildman–Crippen LogP) is 3.82. The minimum atomic E-state index is -0.335. The molecular weight excluding hydrogens is 350 g/mol. The molecule has 3 aromatic carbocycles. The van der Waals surface area contributed by atoms with Crippen molar-refractivity contribution in [2.45, 2.75) is 0 Å². The van der Waals surface area contributed by atoms with E-state index in [0.29, 0.717) is 11.0 Å². The van der Waals surface area contributed by atoms with Crippen molar-refractivity contribution in [2.75, 3.05) is 0 Å². The first kappa shape index (κ1) is 16.1. The van der Waals surface area contributed by atoms with E-state index in [1.165, 1.54) is 0 Å². The summed E-state index contributed by atoms with van der Waals surface area (Å²) < 4.78 is 0. The number of benzene rings is 3. The first-order valence-corrected chi connectivity index (χ1v) is 8.86. The Morgan fingerprint density at radius 3 is 2.39 bits per heavy atom. The molecule has 0 amide bonds. The summed E-state index contributed by atoms with van der Waals surface area (Å²) >= 11 is 0. The predicted molar refractivity (Wildman–Crippen MR) is 111 cm³/mol. The van der Waals surface area contributed by atoms with E-state index in [0.717, 1.165) is 32.4 Å². The second-order valence-electron chi connectivity index (χ2n) is 6.41. The van der Waals surface area contributed by atoms with Crippen molar-refractivity contribution in [3.05, 3.63) is 94.8 Å². The van der Waals surface area contributed by atoms with Gasteiger partial charge in [-0.2, -0.15) is 5.10 Å². The maximum Gasteiger partial charge on any atom is 0.315 e. The molecule has 0 saturated heterocycles. The van der Waals surface area contributed by atoms with Gasteiger partial charge in [-0.3, -0.25) is 4.79 Å². The van der Waals surface area contributed by atoms with Crippen LogP contribution in [0.4, 0.5) is 0 Å². The molecule has 0 unspecified atom stereocenters. The lowest BCUT2D eigenvalue weighted by Crippen LogP contribution is -2.20. The number of nitrogens with one attached hydrogen (secondary N) is 1. The van der Waals surface area contributed by atoms with Crippen LogP contribution < -0.4 is 5.56 Å². The van der Waals surface area contributed by atoms with E-state index < -0.39 is 0 Å². The molecule has 0 saturated carbocycles. The van der Waals surface area contributed by atoms with Gasteiger partial charge in [0.25, 0.3) is 0 Å². The van der Waals surface area contributed by atoms with Gasteiger partial charge in [-0.15, -0.1) is 5.10 Å². The van der Waals surface area contributed by atoms with Crippen LogP contribution >= 0.6 is 0 Å². The molecule has 28 heavy (non-hydrogen) atoms. The summed E-state index contributed by atoms with van der Waals surface area (Å²) in [5.41, 5.74) is 4.60. The van der Waals surface area contributed by atoms with E-state index in [1.54, 1.807) is 6.21 Å². The lowest BCUT2D eigenvalue weighted by Gasteiger charge is -2.01. The molecule has 1 N–H and O–H groups in total. The number of hydrogen-bond donors (Lipinski definition) is 1. The topological polar surface area (TPSA) is 75.9 Å². The van der Waals surface area contributed by atoms with Gasteiger partial charge in [-0.1, -0.05) is 77.6 Å². The molecule has 5 aromatic rings. The van der Waals surface area contributed by atoms with Gasteiger partial charge < -0.3 is 4.98 Å². The van der Waals surface area contributed by atoms with Crippen molar-refractivity contribution < 1.29 is 0 Å². The van der Waals surface area contributed by atoms with Crippen molar-refractivity contribution in [1.29, 1.82) is 0 Å². The lowest BCUT2D eigenvalue weighted by atomic mass is 10.0. The van der Waals surface area contributed by atoms with Crippen LogP contribution in [0.2, 0.25) is 0 Å². The molecule has 134 valence electrons. The van der Waals surface area contributed by atoms with Crippen molar-refractivity contribution in [2.24, 2.45) is 5.10 Å². The molecule has 2 aromatic heterocycles. The van der Waals surface area contributed by atoms with E-state index in [4.69, 9.17) is 0 Å². The second-order valence-corrected chi connectivity index (χ2v) is 6.41. The van der Waals surface area contributed by atoms with Crippen LogP contribution in [0.15, 0.2) is 88.8 Å². The van der Waals surface area contributed by atoms with Crippen LogP contribution in [0, 0.1) is 0 Å². The zero-order valence-corrected chi connectivity index (χ0v) is 14.8. The molecule has 0 spiro atoms. The third-order valence-corrected chi connectivity index (χ3v) is 4.64. The molecular formula is C22H15N5O. The SMILES string of the molecule is O=c1c2[nH]c3ccccc3c2nnn1/N=C/c1ccc(-c2ccccc2)cc1. The molecule has 0 bridgehead atoms. The Kier molecular flexibility index (Phi) is 3.80. The van der Waals surface area contributed by atoms with Crippen molar-refractivity contribution in [1.82, 2.24) is 20.1 Å². The fourth-order valence-corrected chi connectivity index (χ4v) is 3.20. The van der Waals surface area contributed by atoms with Gasteiger partial charge in [0.05, 0.1) is 6.21 Å². The summed E-state index contributed by atoms with van der Waals surface area (Å²) in [6, 6.07) is 25.7. The minimum absolute atomic E-state index is 0.335. The molecule has 5 rings (SSSR count). The van der Waals surface area contributed by atoms with Gasteiger partial charge >= 0.3 is 5.56 Å². The second kappa shape index (κ2) is 6.59. The molecule has 0 atom stereocenters. The molecule has 0 aliphatic rings. The molecule has 6 heteroatoms. The van der Waals surface area contributed by atoms with Crippen LogP contribution in [0.5, 0.6) is 0 Å². The van der Waals surface area contributed by atoms with Gasteiger partial charge in [0.15, 0.2) is 0 Å². The van der Waals surface area contributed by atoms with E-state index in [2.05, 4.69) is 32.5 Å². The van der Waals surface area contributed by atoms with Gasteiger partial charge in [-0.05, 0) is 28.0 Å². The van der Waals surface area contributed by atoms with Crippen LogP contribution in [-0.4, -0.2) is 26.3 Å². The first-order chi connectivity index (χ1) is 13.8. The number of para-hydroxylation sites is 1. The van der Waals surface area contributed by atoms with Crippen molar-refractivity contribution in [3.8, 4) is 11.1 Å². The molecule has 0 aliphatic heterocycles. The summed E-state index contributed by atoms with van der Waals surface area (Å²) in [7, 11) is 0. The fourth-order valence-electron chi connectivity index (χ4n) is 3.20. The third-order valence-electron chi connectivity index (χ3n) is 4.64. The van der Waals surface area contributed by atoms with Crippen molar-refractivity contribution in [3.63, 3.8) is 0 Å². The van der Waals surface area contributed by atoms with Crippen LogP contribution in [0.3, 0.4) is 0 Å². The third kappa shape index (κ3) is 2.77. The zero-order valence-electron chi connectivity index (χ0n) is 14.8. The summed E-state index contributed by atoms with van der Waals surface area (Å²) in [5.74, 6) is 0. The van der Waals surface area contributed by atoms with Gasteiger partial charge in [0, 0.05) is 10.9 Å². The Balaban J connectivity index is 1.48. The Morgan fingerprint density at radius 2 is 1.57 bits per heavy atom. The van der Waals surface area contributed by atoms with E-state index in [-0.39, 0.29) is 5.56 Å². The van der Waals surface area contributed by atoms with E-state index >= 15 is 0 Å². The van der Waals surface area contributed by atoms with Gasteiger partial charge in [0.1, 0.15) is 11.0 Å². The Labute approximate surface area is 159 Å². The highest BCUT2D eigenvalue weighted by atomic mass is 16.1. The highest BCUT2D eigenvalue weighted by Crippen LogP contribution is 2.20. The largest absolute Gasteiger partial charge is 0.348 e. The van der Waals surface area contributed by atoms with Gasteiger partial charge in [0.2, 0.25) is 0 Å². The number of aromatic amines is 1. The van der Waals surface area contributed by atoms with E-state index in [9.17, 15) is 4.79 Å². The Bertz CT molecular complexity index is 1370. The summed E-state index contributed by atoms with van der Waals surface area (Å²) in [4.78, 5) is 16.8. The van der Waals surface area contributed by atoms with Gasteiger partial charge in [-0.25, -0.2) is 0 Å². The smallest absolute Gasteiger partial charge is 0.315 e. The minimum Gasteiger partial charge on any atom is -0.348 e. The molecule has 0 fully saturated rings. The Morgan fingerprint density at radius 1 is 0.857 bits per heavy atom. The molecule has 0 radical (unpaired) electrons. The zero-order chi connectivity index (χ0) is 18.9. The lowest BCUT2D eigenvalue weighted by molar-refractivity contribution is 0.640. The maximum atomic E-state index is 12.7. The average molecular weight is 365 g/mol. The number of rotatable bonds is 3.